The second-order valence-electron chi connectivity index (χ2n) is 3.87. The van der Waals surface area contributed by atoms with Crippen molar-refractivity contribution in [2.75, 3.05) is 31.8 Å². The molecule has 0 fully saturated rings. The predicted molar refractivity (Wildman–Crippen MR) is 66.8 cm³/mol. The second kappa shape index (κ2) is 9.78. The number of rotatable bonds is 9. The van der Waals surface area contributed by atoms with Gasteiger partial charge in [-0.2, -0.15) is 0 Å². The highest BCUT2D eigenvalue weighted by Gasteiger charge is 2.12. The molecule has 0 aromatic carbocycles. The molecule has 16 heavy (non-hydrogen) atoms. The Morgan fingerprint density at radius 3 is 2.69 bits per heavy atom. The Morgan fingerprint density at radius 1 is 1.44 bits per heavy atom. The molecule has 0 saturated heterocycles. The Bertz CT molecular complexity index is 221. The van der Waals surface area contributed by atoms with Gasteiger partial charge >= 0.3 is 0 Å². The zero-order valence-corrected chi connectivity index (χ0v) is 11.3. The molecule has 96 valence electrons. The summed E-state index contributed by atoms with van der Waals surface area (Å²) in [7, 11) is -0.817. The number of hydrogen-bond donors (Lipinski definition) is 1. The summed E-state index contributed by atoms with van der Waals surface area (Å²) in [6.45, 7) is 5.76. The third-order valence-corrected chi connectivity index (χ3v) is 2.99. The van der Waals surface area contributed by atoms with Crippen molar-refractivity contribution in [3.8, 4) is 0 Å². The fourth-order valence-corrected chi connectivity index (χ4v) is 1.83. The van der Waals surface area contributed by atoms with Crippen LogP contribution in [0.5, 0.6) is 0 Å². The van der Waals surface area contributed by atoms with E-state index >= 15 is 0 Å². The van der Waals surface area contributed by atoms with Gasteiger partial charge in [0.1, 0.15) is 0 Å². The minimum Gasteiger partial charge on any atom is -0.380 e. The smallest absolute Gasteiger partial charge is 0.222 e. The molecule has 0 aromatic heterocycles. The topological polar surface area (TPSA) is 55.4 Å². The Morgan fingerprint density at radius 2 is 2.12 bits per heavy atom. The normalized spacial score (nSPS) is 14.4. The number of carbonyl (C=O) groups is 1. The van der Waals surface area contributed by atoms with Gasteiger partial charge in [0, 0.05) is 41.9 Å². The average molecular weight is 249 g/mol. The number of hydrogen-bond acceptors (Lipinski definition) is 3. The molecule has 0 spiro atoms. The molecular weight excluding hydrogens is 226 g/mol. The third kappa shape index (κ3) is 8.85. The number of nitrogens with one attached hydrogen (secondary N) is 1. The van der Waals surface area contributed by atoms with Crippen LogP contribution in [0, 0.1) is 5.92 Å². The number of amides is 1. The van der Waals surface area contributed by atoms with Crippen LogP contribution in [0.1, 0.15) is 26.7 Å². The van der Waals surface area contributed by atoms with Gasteiger partial charge in [0.15, 0.2) is 0 Å². The highest BCUT2D eigenvalue weighted by Crippen LogP contribution is 2.02. The Hall–Kier alpha value is -0.420. The molecule has 0 heterocycles. The van der Waals surface area contributed by atoms with Gasteiger partial charge in [-0.05, 0) is 12.8 Å². The summed E-state index contributed by atoms with van der Waals surface area (Å²) in [6, 6.07) is 0. The maximum atomic E-state index is 11.5. The molecule has 0 bridgehead atoms. The van der Waals surface area contributed by atoms with Crippen LogP contribution in [0.4, 0.5) is 0 Å². The van der Waals surface area contributed by atoms with Gasteiger partial charge in [-0.1, -0.05) is 13.8 Å². The molecule has 0 aliphatic rings. The van der Waals surface area contributed by atoms with Gasteiger partial charge in [-0.25, -0.2) is 0 Å². The van der Waals surface area contributed by atoms with E-state index in [1.54, 1.807) is 6.26 Å². The van der Waals surface area contributed by atoms with Crippen molar-refractivity contribution >= 4 is 16.7 Å². The fourth-order valence-electron chi connectivity index (χ4n) is 1.14. The first kappa shape index (κ1) is 15.6. The van der Waals surface area contributed by atoms with Crippen molar-refractivity contribution < 1.29 is 13.7 Å². The molecule has 2 atom stereocenters. The minimum absolute atomic E-state index is 0.0190. The molecule has 1 N–H and O–H groups in total. The highest BCUT2D eigenvalue weighted by atomic mass is 32.2. The SMILES string of the molecule is CCCOCCNC(=O)C(C)CCS(C)=O. The van der Waals surface area contributed by atoms with E-state index in [9.17, 15) is 9.00 Å². The number of carbonyl (C=O) groups excluding carboxylic acids is 1. The summed E-state index contributed by atoms with van der Waals surface area (Å²) in [4.78, 5) is 11.5. The predicted octanol–water partition coefficient (Wildman–Crippen LogP) is 0.934. The lowest BCUT2D eigenvalue weighted by atomic mass is 10.1. The first-order valence-electron chi connectivity index (χ1n) is 5.73. The molecule has 4 nitrogen and oxygen atoms in total. The van der Waals surface area contributed by atoms with Crippen LogP contribution < -0.4 is 5.32 Å². The van der Waals surface area contributed by atoms with Crippen LogP contribution in [0.15, 0.2) is 0 Å². The molecule has 0 aromatic rings. The van der Waals surface area contributed by atoms with Crippen LogP contribution >= 0.6 is 0 Å². The Labute approximate surface area is 101 Å². The second-order valence-corrected chi connectivity index (χ2v) is 5.43. The minimum atomic E-state index is -0.817. The summed E-state index contributed by atoms with van der Waals surface area (Å²) in [5.74, 6) is 0.529. The number of ether oxygens (including phenoxy) is 1. The van der Waals surface area contributed by atoms with Crippen LogP contribution in [-0.2, 0) is 20.3 Å². The Balaban J connectivity index is 3.51. The zero-order valence-electron chi connectivity index (χ0n) is 10.5. The van der Waals surface area contributed by atoms with Crippen LogP contribution in [0.3, 0.4) is 0 Å². The molecule has 1 amide bonds. The van der Waals surface area contributed by atoms with Crippen LogP contribution in [0.25, 0.3) is 0 Å². The van der Waals surface area contributed by atoms with Gasteiger partial charge in [0.2, 0.25) is 5.91 Å². The van der Waals surface area contributed by atoms with Crippen molar-refractivity contribution in [3.63, 3.8) is 0 Å². The summed E-state index contributed by atoms with van der Waals surface area (Å²) in [5.41, 5.74) is 0. The maximum absolute atomic E-state index is 11.5. The van der Waals surface area contributed by atoms with E-state index in [1.165, 1.54) is 0 Å². The van der Waals surface area contributed by atoms with E-state index in [1.807, 2.05) is 13.8 Å². The molecule has 0 saturated carbocycles. The zero-order chi connectivity index (χ0) is 12.4. The summed E-state index contributed by atoms with van der Waals surface area (Å²) in [5, 5.41) is 2.80. The van der Waals surface area contributed by atoms with E-state index in [4.69, 9.17) is 4.74 Å². The summed E-state index contributed by atoms with van der Waals surface area (Å²) >= 11 is 0. The van der Waals surface area contributed by atoms with E-state index in [2.05, 4.69) is 5.32 Å². The molecule has 5 heteroatoms. The lowest BCUT2D eigenvalue weighted by molar-refractivity contribution is -0.124. The van der Waals surface area contributed by atoms with E-state index in [-0.39, 0.29) is 11.8 Å². The largest absolute Gasteiger partial charge is 0.380 e. The molecule has 0 radical (unpaired) electrons. The van der Waals surface area contributed by atoms with Crippen molar-refractivity contribution in [1.29, 1.82) is 0 Å². The molecular formula is C11H23NO3S. The van der Waals surface area contributed by atoms with Crippen molar-refractivity contribution in [3.05, 3.63) is 0 Å². The summed E-state index contributed by atoms with van der Waals surface area (Å²) < 4.78 is 16.1. The van der Waals surface area contributed by atoms with E-state index in [0.717, 1.165) is 13.0 Å². The molecule has 2 unspecified atom stereocenters. The van der Waals surface area contributed by atoms with Gasteiger partial charge < -0.3 is 10.1 Å². The van der Waals surface area contributed by atoms with E-state index in [0.29, 0.717) is 25.3 Å². The standard InChI is InChI=1S/C11H23NO3S/c1-4-7-15-8-6-12-11(13)10(2)5-9-16(3)14/h10H,4-9H2,1-3H3,(H,12,13). The van der Waals surface area contributed by atoms with Crippen LogP contribution in [-0.4, -0.2) is 41.9 Å². The highest BCUT2D eigenvalue weighted by molar-refractivity contribution is 7.84. The molecule has 0 rings (SSSR count). The quantitative estimate of drug-likeness (QED) is 0.619. The van der Waals surface area contributed by atoms with Gasteiger partial charge in [0.25, 0.3) is 0 Å². The summed E-state index contributed by atoms with van der Waals surface area (Å²) in [6.07, 6.45) is 3.32. The average Bonchev–Trinajstić information content (AvgIpc) is 2.25. The lowest BCUT2D eigenvalue weighted by Crippen LogP contribution is -2.32. The van der Waals surface area contributed by atoms with Crippen molar-refractivity contribution in [2.24, 2.45) is 5.92 Å². The van der Waals surface area contributed by atoms with Gasteiger partial charge in [-0.15, -0.1) is 0 Å². The van der Waals surface area contributed by atoms with Gasteiger partial charge in [-0.3, -0.25) is 9.00 Å². The fraction of sp³-hybridized carbons (Fsp3) is 0.909. The lowest BCUT2D eigenvalue weighted by Gasteiger charge is -2.11. The monoisotopic (exact) mass is 249 g/mol. The van der Waals surface area contributed by atoms with Crippen LogP contribution in [0.2, 0.25) is 0 Å². The van der Waals surface area contributed by atoms with E-state index < -0.39 is 10.8 Å². The van der Waals surface area contributed by atoms with Crippen molar-refractivity contribution in [1.82, 2.24) is 5.32 Å². The Kier molecular flexibility index (Phi) is 9.52. The molecule has 0 aliphatic heterocycles. The first-order chi connectivity index (χ1) is 7.57. The third-order valence-electron chi connectivity index (χ3n) is 2.18. The van der Waals surface area contributed by atoms with Gasteiger partial charge in [0.05, 0.1) is 6.61 Å². The maximum Gasteiger partial charge on any atom is 0.222 e. The molecule has 0 aliphatic carbocycles. The first-order valence-corrected chi connectivity index (χ1v) is 7.46. The van der Waals surface area contributed by atoms with Crippen molar-refractivity contribution in [2.45, 2.75) is 26.7 Å².